The van der Waals surface area contributed by atoms with Crippen LogP contribution in [-0.2, 0) is 4.74 Å². The Kier molecular flexibility index (Phi) is 5.49. The summed E-state index contributed by atoms with van der Waals surface area (Å²) in [6.07, 6.45) is 0.851. The number of methoxy groups -OCH3 is 1. The highest BCUT2D eigenvalue weighted by Crippen LogP contribution is 2.15. The highest BCUT2D eigenvalue weighted by atomic mass is 79.9. The van der Waals surface area contributed by atoms with Gasteiger partial charge in [0.1, 0.15) is 0 Å². The van der Waals surface area contributed by atoms with E-state index in [1.165, 1.54) is 0 Å². The molecule has 1 unspecified atom stereocenters. The minimum absolute atomic E-state index is 0.0598. The Morgan fingerprint density at radius 2 is 2.19 bits per heavy atom. The molecule has 1 aromatic rings. The molecule has 1 N–H and O–H groups in total. The molecule has 0 heterocycles. The van der Waals surface area contributed by atoms with Gasteiger partial charge in [0.2, 0.25) is 0 Å². The van der Waals surface area contributed by atoms with E-state index in [1.54, 1.807) is 13.2 Å². The van der Waals surface area contributed by atoms with Crippen molar-refractivity contribution in [2.45, 2.75) is 19.4 Å². The fourth-order valence-corrected chi connectivity index (χ4v) is 1.84. The minimum Gasteiger partial charge on any atom is -0.383 e. The molecule has 0 aliphatic rings. The van der Waals surface area contributed by atoms with Gasteiger partial charge in [0, 0.05) is 11.6 Å². The fourth-order valence-electron chi connectivity index (χ4n) is 1.37. The molecule has 1 rings (SSSR count). The third-order valence-electron chi connectivity index (χ3n) is 2.31. The van der Waals surface area contributed by atoms with Crippen molar-refractivity contribution in [3.63, 3.8) is 0 Å². The normalized spacial score (nSPS) is 12.2. The highest BCUT2D eigenvalue weighted by molar-refractivity contribution is 9.10. The summed E-state index contributed by atoms with van der Waals surface area (Å²) in [5.41, 5.74) is 0.650. The van der Waals surface area contributed by atoms with Gasteiger partial charge in [-0.15, -0.1) is 0 Å². The molecule has 0 bridgehead atoms. The number of hydrogen-bond donors (Lipinski definition) is 1. The van der Waals surface area contributed by atoms with Crippen molar-refractivity contribution < 1.29 is 9.53 Å². The van der Waals surface area contributed by atoms with E-state index in [9.17, 15) is 4.79 Å². The zero-order valence-corrected chi connectivity index (χ0v) is 11.1. The van der Waals surface area contributed by atoms with Crippen molar-refractivity contribution in [2.75, 3.05) is 13.7 Å². The van der Waals surface area contributed by atoms with Crippen LogP contribution < -0.4 is 5.32 Å². The molecule has 0 radical (unpaired) electrons. The van der Waals surface area contributed by atoms with Gasteiger partial charge in [0.25, 0.3) is 5.91 Å². The standard InChI is InChI=1S/C12H16BrNO2/c1-3-9(8-16-2)14-12(15)10-6-4-5-7-11(10)13/h4-7,9H,3,8H2,1-2H3,(H,14,15). The summed E-state index contributed by atoms with van der Waals surface area (Å²) in [7, 11) is 1.63. The largest absolute Gasteiger partial charge is 0.383 e. The van der Waals surface area contributed by atoms with E-state index >= 15 is 0 Å². The molecule has 1 atom stereocenters. The second kappa shape index (κ2) is 6.66. The Balaban J connectivity index is 2.68. The summed E-state index contributed by atoms with van der Waals surface area (Å²) in [4.78, 5) is 11.9. The van der Waals surface area contributed by atoms with Crippen LogP contribution in [0.3, 0.4) is 0 Å². The van der Waals surface area contributed by atoms with E-state index in [0.717, 1.165) is 10.9 Å². The number of benzene rings is 1. The number of carbonyl (C=O) groups is 1. The van der Waals surface area contributed by atoms with Crippen LogP contribution in [0.15, 0.2) is 28.7 Å². The number of ether oxygens (including phenoxy) is 1. The maximum atomic E-state index is 11.9. The molecular formula is C12H16BrNO2. The maximum absolute atomic E-state index is 11.9. The van der Waals surface area contributed by atoms with Crippen molar-refractivity contribution >= 4 is 21.8 Å². The maximum Gasteiger partial charge on any atom is 0.252 e. The summed E-state index contributed by atoms with van der Waals surface area (Å²) in [5, 5.41) is 2.93. The average molecular weight is 286 g/mol. The third kappa shape index (κ3) is 3.61. The van der Waals surface area contributed by atoms with Crippen LogP contribution in [0.1, 0.15) is 23.7 Å². The van der Waals surface area contributed by atoms with E-state index in [-0.39, 0.29) is 11.9 Å². The van der Waals surface area contributed by atoms with E-state index in [2.05, 4.69) is 21.2 Å². The van der Waals surface area contributed by atoms with E-state index in [4.69, 9.17) is 4.74 Å². The number of halogens is 1. The first-order valence-electron chi connectivity index (χ1n) is 5.23. The van der Waals surface area contributed by atoms with Crippen LogP contribution in [0, 0.1) is 0 Å². The summed E-state index contributed by atoms with van der Waals surface area (Å²) in [6.45, 7) is 2.55. The number of amides is 1. The number of hydrogen-bond acceptors (Lipinski definition) is 2. The molecule has 0 saturated carbocycles. The first kappa shape index (κ1) is 13.2. The first-order chi connectivity index (χ1) is 7.69. The number of nitrogens with one attached hydrogen (secondary N) is 1. The van der Waals surface area contributed by atoms with Gasteiger partial charge in [-0.2, -0.15) is 0 Å². The van der Waals surface area contributed by atoms with Crippen molar-refractivity contribution in [1.29, 1.82) is 0 Å². The highest BCUT2D eigenvalue weighted by Gasteiger charge is 2.13. The SMILES string of the molecule is CCC(COC)NC(=O)c1ccccc1Br. The number of rotatable bonds is 5. The molecule has 0 aliphatic heterocycles. The van der Waals surface area contributed by atoms with Crippen LogP contribution in [0.2, 0.25) is 0 Å². The van der Waals surface area contributed by atoms with Crippen LogP contribution in [0.4, 0.5) is 0 Å². The lowest BCUT2D eigenvalue weighted by molar-refractivity contribution is 0.0894. The molecule has 1 aromatic carbocycles. The van der Waals surface area contributed by atoms with Gasteiger partial charge < -0.3 is 10.1 Å². The first-order valence-corrected chi connectivity index (χ1v) is 6.02. The Labute approximate surface area is 104 Å². The molecule has 0 aliphatic carbocycles. The third-order valence-corrected chi connectivity index (χ3v) is 3.01. The lowest BCUT2D eigenvalue weighted by Crippen LogP contribution is -2.37. The van der Waals surface area contributed by atoms with E-state index in [0.29, 0.717) is 12.2 Å². The smallest absolute Gasteiger partial charge is 0.252 e. The summed E-state index contributed by atoms with van der Waals surface area (Å²) < 4.78 is 5.84. The van der Waals surface area contributed by atoms with Gasteiger partial charge in [-0.3, -0.25) is 4.79 Å². The zero-order valence-electron chi connectivity index (χ0n) is 9.50. The quantitative estimate of drug-likeness (QED) is 0.903. The molecular weight excluding hydrogens is 270 g/mol. The predicted molar refractivity (Wildman–Crippen MR) is 67.6 cm³/mol. The van der Waals surface area contributed by atoms with Crippen LogP contribution >= 0.6 is 15.9 Å². The molecule has 0 aromatic heterocycles. The molecule has 3 nitrogen and oxygen atoms in total. The lowest BCUT2D eigenvalue weighted by atomic mass is 10.2. The van der Waals surface area contributed by atoms with Crippen LogP contribution in [-0.4, -0.2) is 25.7 Å². The topological polar surface area (TPSA) is 38.3 Å². The average Bonchev–Trinajstić information content (AvgIpc) is 2.28. The minimum atomic E-state index is -0.0728. The molecule has 0 spiro atoms. The Morgan fingerprint density at radius 1 is 1.50 bits per heavy atom. The van der Waals surface area contributed by atoms with E-state index in [1.807, 2.05) is 25.1 Å². The van der Waals surface area contributed by atoms with Crippen molar-refractivity contribution in [2.24, 2.45) is 0 Å². The van der Waals surface area contributed by atoms with Crippen molar-refractivity contribution in [3.8, 4) is 0 Å². The molecule has 88 valence electrons. The van der Waals surface area contributed by atoms with Gasteiger partial charge in [0.15, 0.2) is 0 Å². The Bertz CT molecular complexity index is 355. The molecule has 16 heavy (non-hydrogen) atoms. The van der Waals surface area contributed by atoms with Gasteiger partial charge in [-0.05, 0) is 34.5 Å². The van der Waals surface area contributed by atoms with Crippen molar-refractivity contribution in [1.82, 2.24) is 5.32 Å². The van der Waals surface area contributed by atoms with E-state index < -0.39 is 0 Å². The molecule has 0 saturated heterocycles. The zero-order chi connectivity index (χ0) is 12.0. The summed E-state index contributed by atoms with van der Waals surface area (Å²) in [5.74, 6) is -0.0728. The second-order valence-electron chi connectivity index (χ2n) is 3.51. The van der Waals surface area contributed by atoms with Gasteiger partial charge in [-0.25, -0.2) is 0 Å². The summed E-state index contributed by atoms with van der Waals surface area (Å²) >= 11 is 3.36. The van der Waals surface area contributed by atoms with Gasteiger partial charge in [-0.1, -0.05) is 19.1 Å². The number of carbonyl (C=O) groups excluding carboxylic acids is 1. The Hall–Kier alpha value is -0.870. The van der Waals surface area contributed by atoms with Crippen molar-refractivity contribution in [3.05, 3.63) is 34.3 Å². The van der Waals surface area contributed by atoms with Gasteiger partial charge in [0.05, 0.1) is 18.2 Å². The lowest BCUT2D eigenvalue weighted by Gasteiger charge is -2.16. The second-order valence-corrected chi connectivity index (χ2v) is 4.37. The van der Waals surface area contributed by atoms with Gasteiger partial charge >= 0.3 is 0 Å². The monoisotopic (exact) mass is 285 g/mol. The van der Waals surface area contributed by atoms with Crippen LogP contribution in [0.5, 0.6) is 0 Å². The Morgan fingerprint density at radius 3 is 2.75 bits per heavy atom. The van der Waals surface area contributed by atoms with Crippen LogP contribution in [0.25, 0.3) is 0 Å². The molecule has 0 fully saturated rings. The fraction of sp³-hybridized carbons (Fsp3) is 0.417. The molecule has 1 amide bonds. The predicted octanol–water partition coefficient (Wildman–Crippen LogP) is 2.60. The molecule has 4 heteroatoms. The summed E-state index contributed by atoms with van der Waals surface area (Å²) in [6, 6.07) is 7.43.